The van der Waals surface area contributed by atoms with Crippen LogP contribution in [0.15, 0.2) is 59.5 Å². The molecule has 0 N–H and O–H groups in total. The first-order chi connectivity index (χ1) is 13.4. The number of hydrogen-bond donors (Lipinski definition) is 0. The molecule has 3 heterocycles. The van der Waals surface area contributed by atoms with E-state index in [9.17, 15) is 14.0 Å². The van der Waals surface area contributed by atoms with E-state index >= 15 is 0 Å². The summed E-state index contributed by atoms with van der Waals surface area (Å²) in [5, 5.41) is 4.22. The standard InChI is InChI=1S/C21H19FN4O2/c1-14-11-18(15(2)25(14)12-16-6-8-17(22)9-7-16)19(27)13-26-21(28)24-10-4-3-5-20(24)23-26/h3-11H,12-13H2,1-2H3. The molecule has 0 amide bonds. The summed E-state index contributed by atoms with van der Waals surface area (Å²) in [6.45, 7) is 4.21. The van der Waals surface area contributed by atoms with E-state index in [-0.39, 0.29) is 23.8 Å². The van der Waals surface area contributed by atoms with Crippen molar-refractivity contribution in [3.8, 4) is 0 Å². The number of Topliss-reactive ketones (excluding diaryl/α,β-unsaturated/α-hetero) is 1. The molecular weight excluding hydrogens is 359 g/mol. The van der Waals surface area contributed by atoms with Crippen molar-refractivity contribution >= 4 is 11.4 Å². The maximum absolute atomic E-state index is 13.1. The fraction of sp³-hybridized carbons (Fsp3) is 0.190. The summed E-state index contributed by atoms with van der Waals surface area (Å²) in [5.74, 6) is -0.456. The van der Waals surface area contributed by atoms with Gasteiger partial charge in [-0.3, -0.25) is 9.20 Å². The van der Waals surface area contributed by atoms with E-state index < -0.39 is 0 Å². The Bertz CT molecular complexity index is 1230. The predicted molar refractivity (Wildman–Crippen MR) is 103 cm³/mol. The van der Waals surface area contributed by atoms with Crippen LogP contribution in [0.3, 0.4) is 0 Å². The van der Waals surface area contributed by atoms with Crippen molar-refractivity contribution in [1.29, 1.82) is 0 Å². The molecule has 4 aromatic rings. The molecule has 0 saturated carbocycles. The summed E-state index contributed by atoms with van der Waals surface area (Å²) < 4.78 is 17.7. The van der Waals surface area contributed by atoms with Gasteiger partial charge in [-0.05, 0) is 49.7 Å². The van der Waals surface area contributed by atoms with Gasteiger partial charge >= 0.3 is 5.69 Å². The van der Waals surface area contributed by atoms with Gasteiger partial charge in [0.25, 0.3) is 0 Å². The lowest BCUT2D eigenvalue weighted by Gasteiger charge is -2.10. The predicted octanol–water partition coefficient (Wildman–Crippen LogP) is 2.98. The highest BCUT2D eigenvalue weighted by molar-refractivity contribution is 5.97. The lowest BCUT2D eigenvalue weighted by molar-refractivity contribution is 0.0965. The van der Waals surface area contributed by atoms with Crippen molar-refractivity contribution < 1.29 is 9.18 Å². The SMILES string of the molecule is Cc1cc(C(=O)Cn2nc3ccccn3c2=O)c(C)n1Cc1ccc(F)cc1. The monoisotopic (exact) mass is 378 g/mol. The maximum atomic E-state index is 13.1. The number of hydrogen-bond acceptors (Lipinski definition) is 3. The number of ketones is 1. The van der Waals surface area contributed by atoms with Gasteiger partial charge in [0.1, 0.15) is 12.4 Å². The van der Waals surface area contributed by atoms with Crippen LogP contribution in [0.1, 0.15) is 27.3 Å². The molecule has 0 aliphatic rings. The summed E-state index contributed by atoms with van der Waals surface area (Å²) in [6, 6.07) is 13.4. The van der Waals surface area contributed by atoms with E-state index in [0.717, 1.165) is 17.0 Å². The molecule has 0 spiro atoms. The number of fused-ring (bicyclic) bond motifs is 1. The van der Waals surface area contributed by atoms with Gasteiger partial charge in [-0.25, -0.2) is 13.9 Å². The molecule has 0 atom stereocenters. The number of pyridine rings is 1. The Labute approximate surface area is 160 Å². The molecule has 28 heavy (non-hydrogen) atoms. The Balaban J connectivity index is 1.62. The first-order valence-corrected chi connectivity index (χ1v) is 8.92. The van der Waals surface area contributed by atoms with E-state index in [2.05, 4.69) is 5.10 Å². The summed E-state index contributed by atoms with van der Waals surface area (Å²) in [5.41, 5.74) is 3.39. The highest BCUT2D eigenvalue weighted by Gasteiger charge is 2.18. The van der Waals surface area contributed by atoms with Crippen LogP contribution < -0.4 is 5.69 Å². The van der Waals surface area contributed by atoms with Crippen LogP contribution in [0.5, 0.6) is 0 Å². The zero-order valence-corrected chi connectivity index (χ0v) is 15.6. The van der Waals surface area contributed by atoms with Gasteiger partial charge in [0.2, 0.25) is 0 Å². The molecule has 6 nitrogen and oxygen atoms in total. The van der Waals surface area contributed by atoms with Gasteiger partial charge in [0.15, 0.2) is 11.4 Å². The Kier molecular flexibility index (Phi) is 4.43. The number of nitrogens with zero attached hydrogens (tertiary/aromatic N) is 4. The Morgan fingerprint density at radius 2 is 1.86 bits per heavy atom. The molecule has 0 aliphatic carbocycles. The topological polar surface area (TPSA) is 61.3 Å². The van der Waals surface area contributed by atoms with Gasteiger partial charge in [-0.1, -0.05) is 18.2 Å². The first kappa shape index (κ1) is 17.9. The van der Waals surface area contributed by atoms with Gasteiger partial charge in [-0.15, -0.1) is 5.10 Å². The number of aryl methyl sites for hydroxylation is 1. The average molecular weight is 378 g/mol. The lowest BCUT2D eigenvalue weighted by Crippen LogP contribution is -2.25. The fourth-order valence-corrected chi connectivity index (χ4v) is 3.39. The second kappa shape index (κ2) is 6.92. The molecule has 4 rings (SSSR count). The first-order valence-electron chi connectivity index (χ1n) is 8.92. The minimum Gasteiger partial charge on any atom is -0.344 e. The third kappa shape index (κ3) is 3.15. The smallest absolute Gasteiger partial charge is 0.344 e. The minimum atomic E-state index is -0.343. The summed E-state index contributed by atoms with van der Waals surface area (Å²) in [6.07, 6.45) is 1.63. The highest BCUT2D eigenvalue weighted by Crippen LogP contribution is 2.18. The zero-order chi connectivity index (χ0) is 19.8. The summed E-state index contributed by atoms with van der Waals surface area (Å²) >= 11 is 0. The number of carbonyl (C=O) groups excluding carboxylic acids is 1. The normalized spacial score (nSPS) is 11.2. The van der Waals surface area contributed by atoms with Gasteiger partial charge in [0.05, 0.1) is 0 Å². The number of aromatic nitrogens is 4. The van der Waals surface area contributed by atoms with Crippen molar-refractivity contribution in [3.63, 3.8) is 0 Å². The third-order valence-electron chi connectivity index (χ3n) is 4.91. The quantitative estimate of drug-likeness (QED) is 0.502. The molecule has 0 saturated heterocycles. The Morgan fingerprint density at radius 1 is 1.11 bits per heavy atom. The zero-order valence-electron chi connectivity index (χ0n) is 15.6. The van der Waals surface area contributed by atoms with Crippen molar-refractivity contribution in [2.45, 2.75) is 26.9 Å². The molecule has 7 heteroatoms. The van der Waals surface area contributed by atoms with E-state index in [1.54, 1.807) is 36.5 Å². The van der Waals surface area contributed by atoms with Gasteiger partial charge in [-0.2, -0.15) is 0 Å². The third-order valence-corrected chi connectivity index (χ3v) is 4.91. The van der Waals surface area contributed by atoms with Crippen LogP contribution in [-0.4, -0.2) is 24.5 Å². The van der Waals surface area contributed by atoms with Crippen molar-refractivity contribution in [1.82, 2.24) is 18.7 Å². The number of halogens is 1. The molecule has 0 aliphatic heterocycles. The fourth-order valence-electron chi connectivity index (χ4n) is 3.39. The number of benzene rings is 1. The van der Waals surface area contributed by atoms with E-state index in [4.69, 9.17) is 0 Å². The van der Waals surface area contributed by atoms with Crippen LogP contribution in [0, 0.1) is 19.7 Å². The Morgan fingerprint density at radius 3 is 2.57 bits per heavy atom. The summed E-state index contributed by atoms with van der Waals surface area (Å²) in [4.78, 5) is 25.3. The van der Waals surface area contributed by atoms with Gasteiger partial charge < -0.3 is 4.57 Å². The molecule has 142 valence electrons. The van der Waals surface area contributed by atoms with E-state index in [1.807, 2.05) is 24.5 Å². The minimum absolute atomic E-state index is 0.124. The summed E-state index contributed by atoms with van der Waals surface area (Å²) in [7, 11) is 0. The van der Waals surface area contributed by atoms with E-state index in [0.29, 0.717) is 17.8 Å². The van der Waals surface area contributed by atoms with Crippen molar-refractivity contribution in [2.75, 3.05) is 0 Å². The van der Waals surface area contributed by atoms with Gasteiger partial charge in [0, 0.05) is 29.7 Å². The molecule has 1 aromatic carbocycles. The molecule has 0 fully saturated rings. The number of carbonyl (C=O) groups is 1. The highest BCUT2D eigenvalue weighted by atomic mass is 19.1. The van der Waals surface area contributed by atoms with Crippen LogP contribution in [0.4, 0.5) is 4.39 Å². The van der Waals surface area contributed by atoms with Crippen molar-refractivity contribution in [2.24, 2.45) is 0 Å². The van der Waals surface area contributed by atoms with Crippen LogP contribution in [0.2, 0.25) is 0 Å². The molecular formula is C21H19FN4O2. The lowest BCUT2D eigenvalue weighted by atomic mass is 10.1. The van der Waals surface area contributed by atoms with Crippen molar-refractivity contribution in [3.05, 3.63) is 93.5 Å². The average Bonchev–Trinajstić information content (AvgIpc) is 3.15. The van der Waals surface area contributed by atoms with E-state index in [1.165, 1.54) is 21.2 Å². The second-order valence-electron chi connectivity index (χ2n) is 6.79. The second-order valence-corrected chi connectivity index (χ2v) is 6.79. The largest absolute Gasteiger partial charge is 0.350 e. The molecule has 3 aromatic heterocycles. The van der Waals surface area contributed by atoms with Crippen LogP contribution >= 0.6 is 0 Å². The Hall–Kier alpha value is -3.48. The van der Waals surface area contributed by atoms with Crippen LogP contribution in [-0.2, 0) is 13.1 Å². The maximum Gasteiger partial charge on any atom is 0.350 e. The van der Waals surface area contributed by atoms with Crippen LogP contribution in [0.25, 0.3) is 5.65 Å². The molecule has 0 radical (unpaired) electrons. The molecule has 0 unspecified atom stereocenters. The molecule has 0 bridgehead atoms. The number of rotatable bonds is 5.